The third-order valence-electron chi connectivity index (χ3n) is 5.32. The molecular weight excluding hydrogens is 422 g/mol. The smallest absolute Gasteiger partial charge is 0.177 e. The van der Waals surface area contributed by atoms with Gasteiger partial charge in [-0.25, -0.2) is 4.98 Å². The fourth-order valence-electron chi connectivity index (χ4n) is 3.75. The number of nitrogens with one attached hydrogen (secondary N) is 2. The molecule has 0 radical (unpaired) electrons. The Kier molecular flexibility index (Phi) is 5.39. The molecule has 1 aromatic carbocycles. The van der Waals surface area contributed by atoms with Gasteiger partial charge in [0.05, 0.1) is 24.3 Å². The minimum atomic E-state index is -0.921. The summed E-state index contributed by atoms with van der Waals surface area (Å²) in [4.78, 5) is 8.75. The number of hydrogen-bond acceptors (Lipinski definition) is 7. The van der Waals surface area contributed by atoms with Crippen LogP contribution in [-0.2, 0) is 16.9 Å². The van der Waals surface area contributed by atoms with Gasteiger partial charge in [-0.05, 0) is 48.6 Å². The summed E-state index contributed by atoms with van der Waals surface area (Å²) in [5, 5.41) is 20.4. The molecule has 1 fully saturated rings. The zero-order valence-corrected chi connectivity index (χ0v) is 18.3. The largest absolute Gasteiger partial charge is 0.616 e. The molecule has 5 rings (SSSR count). The average Bonchev–Trinajstić information content (AvgIpc) is 3.53. The van der Waals surface area contributed by atoms with Crippen molar-refractivity contribution in [3.8, 4) is 6.07 Å². The maximum Gasteiger partial charge on any atom is 0.177 e. The van der Waals surface area contributed by atoms with Gasteiger partial charge < -0.3 is 15.2 Å². The predicted octanol–water partition coefficient (Wildman–Crippen LogP) is 4.24. The second-order valence-corrected chi connectivity index (χ2v) is 9.26. The molecule has 3 heterocycles. The van der Waals surface area contributed by atoms with E-state index < -0.39 is 11.2 Å². The van der Waals surface area contributed by atoms with E-state index in [1.54, 1.807) is 23.2 Å². The summed E-state index contributed by atoms with van der Waals surface area (Å²) in [5.41, 5.74) is 4.88. The van der Waals surface area contributed by atoms with E-state index in [0.29, 0.717) is 34.5 Å². The zero-order valence-electron chi connectivity index (χ0n) is 17.4. The molecule has 2 N–H and O–H groups in total. The molecule has 0 bridgehead atoms. The first-order chi connectivity index (χ1) is 15.6. The number of hydrogen-bond donors (Lipinski definition) is 2. The van der Waals surface area contributed by atoms with Gasteiger partial charge in [-0.2, -0.15) is 14.9 Å². The molecule has 160 valence electrons. The van der Waals surface area contributed by atoms with E-state index in [1.807, 2.05) is 24.3 Å². The minimum Gasteiger partial charge on any atom is -0.616 e. The lowest BCUT2D eigenvalue weighted by Gasteiger charge is -2.15. The fourth-order valence-corrected chi connectivity index (χ4v) is 4.44. The molecule has 1 aliphatic carbocycles. The van der Waals surface area contributed by atoms with Crippen molar-refractivity contribution in [2.45, 2.75) is 24.5 Å². The van der Waals surface area contributed by atoms with Crippen LogP contribution in [0.25, 0.3) is 5.65 Å². The summed E-state index contributed by atoms with van der Waals surface area (Å²) in [6.07, 6.45) is 9.02. The first kappa shape index (κ1) is 20.3. The molecule has 4 aromatic rings. The molecule has 3 aromatic heterocycles. The highest BCUT2D eigenvalue weighted by atomic mass is 32.2. The molecule has 0 amide bonds. The van der Waals surface area contributed by atoms with Crippen molar-refractivity contribution in [3.05, 3.63) is 71.7 Å². The lowest BCUT2D eigenvalue weighted by Crippen LogP contribution is -2.06. The van der Waals surface area contributed by atoms with Gasteiger partial charge in [-0.15, -0.1) is 0 Å². The van der Waals surface area contributed by atoms with Crippen molar-refractivity contribution in [2.75, 3.05) is 16.9 Å². The molecule has 1 aliphatic rings. The maximum absolute atomic E-state index is 11.9. The van der Waals surface area contributed by atoms with E-state index in [9.17, 15) is 9.81 Å². The molecule has 9 heteroatoms. The quantitative estimate of drug-likeness (QED) is 0.411. The van der Waals surface area contributed by atoms with Crippen LogP contribution in [0.4, 0.5) is 23.0 Å². The minimum absolute atomic E-state index is 0.383. The standard InChI is InChI=1S/C23H21N7OS/c1-32(31)14-16-9-18(6-7-20(16)15-4-5-15)27-21-10-22(28-19-3-2-8-25-13-19)30-23(29-21)17(11-24)12-26-30/h2-3,6-10,12-13,15,28H,4-5,14H2,1H3,(H,27,29). The number of aromatic nitrogens is 4. The second kappa shape index (κ2) is 8.49. The number of nitriles is 1. The number of nitrogens with zero attached hydrogens (tertiary/aromatic N) is 5. The van der Waals surface area contributed by atoms with Crippen LogP contribution in [0.2, 0.25) is 0 Å². The zero-order chi connectivity index (χ0) is 22.1. The summed E-state index contributed by atoms with van der Waals surface area (Å²) < 4.78 is 13.5. The van der Waals surface area contributed by atoms with Crippen LogP contribution < -0.4 is 10.6 Å². The van der Waals surface area contributed by atoms with Crippen LogP contribution in [0.3, 0.4) is 0 Å². The van der Waals surface area contributed by atoms with Crippen LogP contribution in [0, 0.1) is 11.3 Å². The first-order valence-electron chi connectivity index (χ1n) is 10.3. The molecule has 1 atom stereocenters. The number of benzene rings is 1. The van der Waals surface area contributed by atoms with Crippen molar-refractivity contribution < 1.29 is 4.55 Å². The Hall–Kier alpha value is -3.61. The third kappa shape index (κ3) is 4.23. The molecule has 1 unspecified atom stereocenters. The third-order valence-corrected chi connectivity index (χ3v) is 6.04. The SMILES string of the molecule is C[S+]([O-])Cc1cc(Nc2cc(Nc3cccnc3)n3ncc(C#N)c3n2)ccc1C1CC1. The highest BCUT2D eigenvalue weighted by molar-refractivity contribution is 7.89. The summed E-state index contributed by atoms with van der Waals surface area (Å²) >= 11 is -0.921. The predicted molar refractivity (Wildman–Crippen MR) is 125 cm³/mol. The van der Waals surface area contributed by atoms with E-state index in [2.05, 4.69) is 43.9 Å². The van der Waals surface area contributed by atoms with E-state index >= 15 is 0 Å². The molecular formula is C23H21N7OS. The second-order valence-electron chi connectivity index (χ2n) is 7.83. The maximum atomic E-state index is 11.9. The van der Waals surface area contributed by atoms with Crippen molar-refractivity contribution in [3.63, 3.8) is 0 Å². The Bertz CT molecular complexity index is 1310. The van der Waals surface area contributed by atoms with Crippen molar-refractivity contribution in [2.24, 2.45) is 0 Å². The van der Waals surface area contributed by atoms with Crippen LogP contribution in [0.15, 0.2) is 55.0 Å². The lowest BCUT2D eigenvalue weighted by atomic mass is 10.0. The molecule has 0 spiro atoms. The van der Waals surface area contributed by atoms with Gasteiger partial charge in [0.25, 0.3) is 0 Å². The van der Waals surface area contributed by atoms with Gasteiger partial charge in [-0.1, -0.05) is 17.2 Å². The van der Waals surface area contributed by atoms with Gasteiger partial charge in [0, 0.05) is 23.5 Å². The highest BCUT2D eigenvalue weighted by Crippen LogP contribution is 2.42. The molecule has 32 heavy (non-hydrogen) atoms. The summed E-state index contributed by atoms with van der Waals surface area (Å²) in [6, 6.07) is 13.9. The van der Waals surface area contributed by atoms with Gasteiger partial charge in [0.1, 0.15) is 29.0 Å². The first-order valence-corrected chi connectivity index (χ1v) is 12.0. The Labute approximate surface area is 188 Å². The van der Waals surface area contributed by atoms with Gasteiger partial charge >= 0.3 is 0 Å². The Morgan fingerprint density at radius 2 is 2.06 bits per heavy atom. The molecule has 0 aliphatic heterocycles. The Morgan fingerprint density at radius 1 is 1.19 bits per heavy atom. The van der Waals surface area contributed by atoms with Crippen molar-refractivity contribution in [1.82, 2.24) is 19.6 Å². The van der Waals surface area contributed by atoms with Gasteiger partial charge in [-0.3, -0.25) is 4.98 Å². The summed E-state index contributed by atoms with van der Waals surface area (Å²) in [5.74, 6) is 2.33. The van der Waals surface area contributed by atoms with Gasteiger partial charge in [0.2, 0.25) is 0 Å². The van der Waals surface area contributed by atoms with E-state index in [4.69, 9.17) is 0 Å². The lowest BCUT2D eigenvalue weighted by molar-refractivity contribution is 0.600. The summed E-state index contributed by atoms with van der Waals surface area (Å²) in [6.45, 7) is 0. The van der Waals surface area contributed by atoms with E-state index in [0.717, 1.165) is 16.9 Å². The van der Waals surface area contributed by atoms with Gasteiger partial charge in [0.15, 0.2) is 5.65 Å². The van der Waals surface area contributed by atoms with Crippen molar-refractivity contribution in [1.29, 1.82) is 5.26 Å². The van der Waals surface area contributed by atoms with Crippen molar-refractivity contribution >= 4 is 39.8 Å². The highest BCUT2D eigenvalue weighted by Gasteiger charge is 2.27. The molecule has 0 saturated heterocycles. The topological polar surface area (TPSA) is 114 Å². The van der Waals surface area contributed by atoms with Crippen LogP contribution in [-0.4, -0.2) is 30.4 Å². The Balaban J connectivity index is 1.52. The number of fused-ring (bicyclic) bond motifs is 1. The molecule has 1 saturated carbocycles. The monoisotopic (exact) mass is 443 g/mol. The Morgan fingerprint density at radius 3 is 2.78 bits per heavy atom. The molecule has 8 nitrogen and oxygen atoms in total. The van der Waals surface area contributed by atoms with E-state index in [-0.39, 0.29) is 0 Å². The van der Waals surface area contributed by atoms with E-state index in [1.165, 1.54) is 24.6 Å². The van der Waals surface area contributed by atoms with Crippen LogP contribution in [0.1, 0.15) is 35.4 Å². The number of anilines is 4. The number of pyridine rings is 1. The number of rotatable bonds is 7. The normalized spacial score (nSPS) is 14.2. The summed E-state index contributed by atoms with van der Waals surface area (Å²) in [7, 11) is 0. The average molecular weight is 444 g/mol. The van der Waals surface area contributed by atoms with Crippen LogP contribution in [0.5, 0.6) is 0 Å². The van der Waals surface area contributed by atoms with Crippen LogP contribution >= 0.6 is 0 Å². The fraction of sp³-hybridized carbons (Fsp3) is 0.217.